The predicted molar refractivity (Wildman–Crippen MR) is 83.5 cm³/mol. The first-order valence-corrected chi connectivity index (χ1v) is 6.90. The Morgan fingerprint density at radius 3 is 2.63 bits per heavy atom. The molecule has 0 aromatic carbocycles. The third-order valence-corrected chi connectivity index (χ3v) is 2.96. The van der Waals surface area contributed by atoms with Gasteiger partial charge in [-0.3, -0.25) is 4.98 Å². The van der Waals surface area contributed by atoms with Gasteiger partial charge >= 0.3 is 0 Å². The molecule has 3 heteroatoms. The summed E-state index contributed by atoms with van der Waals surface area (Å²) in [6.07, 6.45) is 5.74. The lowest BCUT2D eigenvalue weighted by molar-refractivity contribution is 0.424. The molecule has 0 radical (unpaired) electrons. The smallest absolute Gasteiger partial charge is 0.0603 e. The molecule has 1 aromatic rings. The number of hydrogen-bond donors (Lipinski definition) is 1. The summed E-state index contributed by atoms with van der Waals surface area (Å²) < 4.78 is 0. The van der Waals surface area contributed by atoms with Crippen LogP contribution < -0.4 is 10.2 Å². The van der Waals surface area contributed by atoms with E-state index in [1.54, 1.807) is 0 Å². The summed E-state index contributed by atoms with van der Waals surface area (Å²) >= 11 is 0. The fraction of sp³-hybridized carbons (Fsp3) is 0.562. The van der Waals surface area contributed by atoms with E-state index in [2.05, 4.69) is 62.5 Å². The molecule has 19 heavy (non-hydrogen) atoms. The molecule has 3 nitrogen and oxygen atoms in total. The van der Waals surface area contributed by atoms with Crippen LogP contribution in [0.25, 0.3) is 0 Å². The van der Waals surface area contributed by atoms with Gasteiger partial charge < -0.3 is 10.2 Å². The van der Waals surface area contributed by atoms with Crippen LogP contribution in [0, 0.1) is 0 Å². The molecule has 0 aliphatic heterocycles. The second-order valence-electron chi connectivity index (χ2n) is 6.14. The van der Waals surface area contributed by atoms with E-state index in [-0.39, 0.29) is 5.54 Å². The van der Waals surface area contributed by atoms with Crippen molar-refractivity contribution in [2.24, 2.45) is 0 Å². The fourth-order valence-corrected chi connectivity index (χ4v) is 1.91. The summed E-state index contributed by atoms with van der Waals surface area (Å²) in [5.74, 6) is 0. The number of hydrogen-bond acceptors (Lipinski definition) is 3. The van der Waals surface area contributed by atoms with Crippen LogP contribution in [0.4, 0.5) is 5.69 Å². The van der Waals surface area contributed by atoms with E-state index in [0.29, 0.717) is 6.04 Å². The van der Waals surface area contributed by atoms with Crippen LogP contribution >= 0.6 is 0 Å². The second kappa shape index (κ2) is 6.71. The van der Waals surface area contributed by atoms with Gasteiger partial charge in [0.2, 0.25) is 0 Å². The minimum atomic E-state index is 0.113. The largest absolute Gasteiger partial charge is 0.364 e. The number of anilines is 1. The maximum atomic E-state index is 4.27. The Hall–Kier alpha value is -1.35. The maximum absolute atomic E-state index is 4.27. The van der Waals surface area contributed by atoms with Crippen molar-refractivity contribution >= 4 is 5.69 Å². The van der Waals surface area contributed by atoms with Crippen molar-refractivity contribution in [1.29, 1.82) is 0 Å². The van der Waals surface area contributed by atoms with Gasteiger partial charge in [-0.2, -0.15) is 0 Å². The number of nitrogens with one attached hydrogen (secondary N) is 1. The van der Waals surface area contributed by atoms with Crippen molar-refractivity contribution < 1.29 is 0 Å². The SMILES string of the molecule is C=CCN(c1cnccc1CNC(C)(C)C)C(C)C. The Morgan fingerprint density at radius 1 is 1.42 bits per heavy atom. The summed E-state index contributed by atoms with van der Waals surface area (Å²) in [5.41, 5.74) is 2.58. The van der Waals surface area contributed by atoms with Crippen molar-refractivity contribution in [3.05, 3.63) is 36.7 Å². The van der Waals surface area contributed by atoms with E-state index >= 15 is 0 Å². The lowest BCUT2D eigenvalue weighted by Gasteiger charge is -2.30. The molecular formula is C16H27N3. The molecule has 1 aromatic heterocycles. The lowest BCUT2D eigenvalue weighted by Crippen LogP contribution is -2.37. The van der Waals surface area contributed by atoms with Crippen LogP contribution in [0.15, 0.2) is 31.1 Å². The molecule has 106 valence electrons. The molecular weight excluding hydrogens is 234 g/mol. The van der Waals surface area contributed by atoms with Crippen molar-refractivity contribution in [3.8, 4) is 0 Å². The number of pyridine rings is 1. The highest BCUT2D eigenvalue weighted by Crippen LogP contribution is 2.22. The fourth-order valence-electron chi connectivity index (χ4n) is 1.91. The zero-order valence-electron chi connectivity index (χ0n) is 12.9. The molecule has 0 amide bonds. The Bertz CT molecular complexity index is 405. The molecule has 0 spiro atoms. The van der Waals surface area contributed by atoms with Crippen LogP contribution in [0.3, 0.4) is 0 Å². The van der Waals surface area contributed by atoms with Crippen LogP contribution in [-0.2, 0) is 6.54 Å². The number of rotatable bonds is 6. The molecule has 1 N–H and O–H groups in total. The summed E-state index contributed by atoms with van der Waals surface area (Å²) in [6.45, 7) is 16.5. The van der Waals surface area contributed by atoms with E-state index in [9.17, 15) is 0 Å². The Labute approximate surface area is 117 Å². The molecule has 0 aliphatic carbocycles. The molecule has 0 unspecified atom stereocenters. The van der Waals surface area contributed by atoms with Crippen molar-refractivity contribution in [3.63, 3.8) is 0 Å². The number of nitrogens with zero attached hydrogens (tertiary/aromatic N) is 2. The first kappa shape index (κ1) is 15.7. The summed E-state index contributed by atoms with van der Waals surface area (Å²) in [6, 6.07) is 2.52. The monoisotopic (exact) mass is 261 g/mol. The standard InChI is InChI=1S/C16H27N3/c1-7-10-19(13(2)3)15-12-17-9-8-14(15)11-18-16(4,5)6/h7-9,12-13,18H,1,10-11H2,2-6H3. The van der Waals surface area contributed by atoms with Gasteiger partial charge in [0.1, 0.15) is 0 Å². The first-order chi connectivity index (χ1) is 8.85. The average molecular weight is 261 g/mol. The van der Waals surface area contributed by atoms with Crippen LogP contribution in [0.2, 0.25) is 0 Å². The van der Waals surface area contributed by atoms with Gasteiger partial charge in [-0.25, -0.2) is 0 Å². The highest BCUT2D eigenvalue weighted by atomic mass is 15.2. The Balaban J connectivity index is 2.96. The van der Waals surface area contributed by atoms with E-state index in [4.69, 9.17) is 0 Å². The van der Waals surface area contributed by atoms with Crippen molar-refractivity contribution in [2.45, 2.75) is 52.7 Å². The number of aromatic nitrogens is 1. The molecule has 0 saturated heterocycles. The molecule has 0 bridgehead atoms. The zero-order valence-corrected chi connectivity index (χ0v) is 12.9. The molecule has 0 saturated carbocycles. The molecule has 1 rings (SSSR count). The van der Waals surface area contributed by atoms with Crippen molar-refractivity contribution in [1.82, 2.24) is 10.3 Å². The van der Waals surface area contributed by atoms with E-state index in [1.165, 1.54) is 11.3 Å². The quantitative estimate of drug-likeness (QED) is 0.796. The van der Waals surface area contributed by atoms with E-state index in [0.717, 1.165) is 13.1 Å². The summed E-state index contributed by atoms with van der Waals surface area (Å²) in [4.78, 5) is 6.59. The summed E-state index contributed by atoms with van der Waals surface area (Å²) in [7, 11) is 0. The summed E-state index contributed by atoms with van der Waals surface area (Å²) in [5, 5.41) is 3.53. The topological polar surface area (TPSA) is 28.2 Å². The van der Waals surface area contributed by atoms with Gasteiger partial charge in [0.25, 0.3) is 0 Å². The lowest BCUT2D eigenvalue weighted by atomic mass is 10.1. The zero-order chi connectivity index (χ0) is 14.5. The van der Waals surface area contributed by atoms with Gasteiger partial charge in [0.15, 0.2) is 0 Å². The minimum absolute atomic E-state index is 0.113. The minimum Gasteiger partial charge on any atom is -0.364 e. The first-order valence-electron chi connectivity index (χ1n) is 6.90. The third-order valence-electron chi connectivity index (χ3n) is 2.96. The molecule has 0 atom stereocenters. The van der Waals surface area contributed by atoms with E-state index in [1.807, 2.05) is 18.5 Å². The van der Waals surface area contributed by atoms with Crippen LogP contribution in [0.5, 0.6) is 0 Å². The highest BCUT2D eigenvalue weighted by Gasteiger charge is 2.15. The second-order valence-corrected chi connectivity index (χ2v) is 6.14. The van der Waals surface area contributed by atoms with Crippen LogP contribution in [0.1, 0.15) is 40.2 Å². The highest BCUT2D eigenvalue weighted by molar-refractivity contribution is 5.52. The van der Waals surface area contributed by atoms with Gasteiger partial charge in [0.05, 0.1) is 11.9 Å². The Morgan fingerprint density at radius 2 is 2.11 bits per heavy atom. The van der Waals surface area contributed by atoms with Gasteiger partial charge in [-0.15, -0.1) is 6.58 Å². The third kappa shape index (κ3) is 5.03. The average Bonchev–Trinajstić information content (AvgIpc) is 2.33. The van der Waals surface area contributed by atoms with E-state index < -0.39 is 0 Å². The molecule has 0 fully saturated rings. The predicted octanol–water partition coefficient (Wildman–Crippen LogP) is 3.37. The normalized spacial score (nSPS) is 11.7. The van der Waals surface area contributed by atoms with Gasteiger partial charge in [-0.05, 0) is 46.2 Å². The van der Waals surface area contributed by atoms with Crippen LogP contribution in [-0.4, -0.2) is 23.1 Å². The van der Waals surface area contributed by atoms with Gasteiger partial charge in [0, 0.05) is 30.9 Å². The molecule has 0 aliphatic rings. The maximum Gasteiger partial charge on any atom is 0.0603 e. The van der Waals surface area contributed by atoms with Crippen molar-refractivity contribution in [2.75, 3.05) is 11.4 Å². The molecule has 1 heterocycles. The van der Waals surface area contributed by atoms with Gasteiger partial charge in [-0.1, -0.05) is 6.08 Å². The Kier molecular flexibility index (Phi) is 5.55.